The minimum absolute atomic E-state index is 0.0165. The Labute approximate surface area is 267 Å². The van der Waals surface area contributed by atoms with Crippen LogP contribution in [0.2, 0.25) is 5.02 Å². The van der Waals surface area contributed by atoms with Crippen LogP contribution < -0.4 is 16.1 Å². The molecule has 2 atom stereocenters. The van der Waals surface area contributed by atoms with Gasteiger partial charge in [-0.15, -0.1) is 0 Å². The normalized spacial score (nSPS) is 22.4. The molecule has 2 aromatic carbocycles. The number of nitrogens with one attached hydrogen (secondary N) is 3. The standard InChI is InChI=1S/C31H34ClF7N6O/c32-23-16-24(33)18-25(17-23)41-28(42-27(46)20-10-12-22(13-11-20)30(34,35)36)43-29(21-8-5-3-1-2-4-6-9-21)19-26(31(37,38)39)44-45(29)15-7-14-40/h10-13,16-18,21,26,44H,1-9,15,19H2,(H2,41,42,43,46). The first-order valence-electron chi connectivity index (χ1n) is 15.0. The van der Waals surface area contributed by atoms with Crippen LogP contribution >= 0.6 is 11.6 Å². The maximum absolute atomic E-state index is 14.3. The number of nitriles is 1. The topological polar surface area (TPSA) is 92.6 Å². The van der Waals surface area contributed by atoms with Crippen LogP contribution in [0.5, 0.6) is 0 Å². The molecule has 15 heteroatoms. The van der Waals surface area contributed by atoms with Crippen LogP contribution in [0, 0.1) is 23.1 Å². The Morgan fingerprint density at radius 3 is 2.22 bits per heavy atom. The molecule has 4 rings (SSSR count). The van der Waals surface area contributed by atoms with Crippen molar-refractivity contribution in [3.8, 4) is 6.07 Å². The average molecular weight is 675 g/mol. The molecular formula is C31H34ClF7N6O. The van der Waals surface area contributed by atoms with E-state index in [1.54, 1.807) is 0 Å². The van der Waals surface area contributed by atoms with Gasteiger partial charge in [-0.2, -0.15) is 31.6 Å². The summed E-state index contributed by atoms with van der Waals surface area (Å²) in [6.07, 6.45) is -3.76. The van der Waals surface area contributed by atoms with Gasteiger partial charge < -0.3 is 5.32 Å². The summed E-state index contributed by atoms with van der Waals surface area (Å²) < 4.78 is 96.5. The molecule has 1 saturated carbocycles. The van der Waals surface area contributed by atoms with Gasteiger partial charge in [0.15, 0.2) is 0 Å². The predicted octanol–water partition coefficient (Wildman–Crippen LogP) is 8.20. The summed E-state index contributed by atoms with van der Waals surface area (Å²) in [5.41, 5.74) is -0.243. The van der Waals surface area contributed by atoms with E-state index in [2.05, 4.69) is 16.1 Å². The van der Waals surface area contributed by atoms with E-state index in [1.807, 2.05) is 6.07 Å². The quantitative estimate of drug-likeness (QED) is 0.163. The highest BCUT2D eigenvalue weighted by Gasteiger charge is 2.57. The zero-order valence-electron chi connectivity index (χ0n) is 24.7. The summed E-state index contributed by atoms with van der Waals surface area (Å²) in [6, 6.07) is 6.70. The highest BCUT2D eigenvalue weighted by molar-refractivity contribution is 6.31. The van der Waals surface area contributed by atoms with E-state index in [4.69, 9.17) is 16.6 Å². The van der Waals surface area contributed by atoms with Crippen LogP contribution in [0.15, 0.2) is 47.5 Å². The number of alkyl halides is 6. The largest absolute Gasteiger partial charge is 0.416 e. The highest BCUT2D eigenvalue weighted by Crippen LogP contribution is 2.45. The van der Waals surface area contributed by atoms with Crippen molar-refractivity contribution in [1.82, 2.24) is 15.8 Å². The third-order valence-electron chi connectivity index (χ3n) is 8.27. The van der Waals surface area contributed by atoms with Gasteiger partial charge in [-0.3, -0.25) is 10.1 Å². The molecule has 46 heavy (non-hydrogen) atoms. The number of amides is 1. The van der Waals surface area contributed by atoms with Crippen LogP contribution in [-0.4, -0.2) is 41.3 Å². The Hall–Kier alpha value is -3.41. The number of aliphatic imine (C=N–C) groups is 1. The number of benzene rings is 2. The number of hydrogen-bond donors (Lipinski definition) is 3. The van der Waals surface area contributed by atoms with Crippen LogP contribution in [-0.2, 0) is 6.18 Å². The van der Waals surface area contributed by atoms with Crippen molar-refractivity contribution in [3.05, 3.63) is 64.4 Å². The molecule has 7 nitrogen and oxygen atoms in total. The smallest absolute Gasteiger partial charge is 0.326 e. The van der Waals surface area contributed by atoms with E-state index >= 15 is 0 Å². The zero-order chi connectivity index (χ0) is 33.5. The van der Waals surface area contributed by atoms with E-state index in [-0.39, 0.29) is 35.2 Å². The lowest BCUT2D eigenvalue weighted by molar-refractivity contribution is -0.156. The minimum atomic E-state index is -4.67. The number of guanidine groups is 1. The third-order valence-corrected chi connectivity index (χ3v) is 8.49. The number of hydrazine groups is 1. The molecule has 1 amide bonds. The number of rotatable bonds is 6. The fourth-order valence-corrected chi connectivity index (χ4v) is 6.30. The van der Waals surface area contributed by atoms with Gasteiger partial charge in [0.05, 0.1) is 11.6 Å². The van der Waals surface area contributed by atoms with Gasteiger partial charge in [-0.1, -0.05) is 50.1 Å². The molecule has 0 spiro atoms. The minimum Gasteiger partial charge on any atom is -0.326 e. The molecule has 1 aliphatic heterocycles. The molecule has 2 unspecified atom stereocenters. The van der Waals surface area contributed by atoms with E-state index in [0.29, 0.717) is 12.8 Å². The van der Waals surface area contributed by atoms with Crippen LogP contribution in [0.25, 0.3) is 0 Å². The summed E-state index contributed by atoms with van der Waals surface area (Å²) in [5.74, 6) is -2.46. The Morgan fingerprint density at radius 2 is 1.65 bits per heavy atom. The fraction of sp³-hybridized carbons (Fsp3) is 0.516. The molecule has 3 N–H and O–H groups in total. The molecule has 250 valence electrons. The monoisotopic (exact) mass is 674 g/mol. The van der Waals surface area contributed by atoms with Gasteiger partial charge in [0.2, 0.25) is 5.96 Å². The lowest BCUT2D eigenvalue weighted by Crippen LogP contribution is -2.54. The second kappa shape index (κ2) is 15.0. The summed E-state index contributed by atoms with van der Waals surface area (Å²) in [7, 11) is 0. The molecule has 0 radical (unpaired) electrons. The second-order valence-corrected chi connectivity index (χ2v) is 12.0. The molecule has 1 heterocycles. The summed E-state index contributed by atoms with van der Waals surface area (Å²) >= 11 is 6.03. The van der Waals surface area contributed by atoms with Gasteiger partial charge in [0.25, 0.3) is 5.91 Å². The van der Waals surface area contributed by atoms with Gasteiger partial charge in [0, 0.05) is 35.7 Å². The number of anilines is 1. The first-order valence-corrected chi connectivity index (χ1v) is 15.4. The van der Waals surface area contributed by atoms with Gasteiger partial charge in [0.1, 0.15) is 17.5 Å². The van der Waals surface area contributed by atoms with Crippen molar-refractivity contribution in [3.63, 3.8) is 0 Å². The van der Waals surface area contributed by atoms with E-state index in [9.17, 15) is 40.8 Å². The summed E-state index contributed by atoms with van der Waals surface area (Å²) in [5, 5.41) is 15.9. The molecule has 1 aliphatic carbocycles. The maximum Gasteiger partial charge on any atom is 0.416 e. The highest BCUT2D eigenvalue weighted by atomic mass is 35.5. The molecule has 0 aromatic heterocycles. The lowest BCUT2D eigenvalue weighted by atomic mass is 9.81. The Bertz CT molecular complexity index is 1400. The van der Waals surface area contributed by atoms with Crippen molar-refractivity contribution in [2.75, 3.05) is 11.9 Å². The van der Waals surface area contributed by atoms with Crippen LogP contribution in [0.4, 0.5) is 36.4 Å². The molecule has 2 fully saturated rings. The molecule has 2 aliphatic rings. The maximum atomic E-state index is 14.3. The lowest BCUT2D eigenvalue weighted by Gasteiger charge is -2.41. The van der Waals surface area contributed by atoms with Crippen molar-refractivity contribution < 1.29 is 35.5 Å². The van der Waals surface area contributed by atoms with E-state index < -0.39 is 53.7 Å². The number of carbonyl (C=O) groups excluding carboxylic acids is 1. The summed E-state index contributed by atoms with van der Waals surface area (Å²) in [6.45, 7) is -0.116. The number of hydrogen-bond acceptors (Lipinski definition) is 5. The first kappa shape index (κ1) is 35.4. The molecule has 2 aromatic rings. The third kappa shape index (κ3) is 9.11. The van der Waals surface area contributed by atoms with Crippen molar-refractivity contribution in [2.45, 2.75) is 88.3 Å². The Kier molecular flexibility index (Phi) is 11.6. The van der Waals surface area contributed by atoms with Crippen molar-refractivity contribution >= 4 is 29.2 Å². The number of carbonyl (C=O) groups is 1. The number of halogens is 8. The fourth-order valence-electron chi connectivity index (χ4n) is 6.08. The Balaban J connectivity index is 1.84. The molecule has 1 saturated heterocycles. The van der Waals surface area contributed by atoms with Gasteiger partial charge in [-0.05, 0) is 61.2 Å². The van der Waals surface area contributed by atoms with Crippen LogP contribution in [0.1, 0.15) is 80.1 Å². The van der Waals surface area contributed by atoms with Crippen LogP contribution in [0.3, 0.4) is 0 Å². The van der Waals surface area contributed by atoms with Crippen molar-refractivity contribution in [2.24, 2.45) is 10.9 Å². The SMILES string of the molecule is N#CCCN1NC(C(F)(F)F)CC1(N=C(NC(=O)c1ccc(C(F)(F)F)cc1)Nc1cc(F)cc(Cl)c1)C1CCCCCCCC1. The average Bonchev–Trinajstić information content (AvgIpc) is 3.40. The van der Waals surface area contributed by atoms with Gasteiger partial charge >= 0.3 is 12.4 Å². The van der Waals surface area contributed by atoms with Crippen molar-refractivity contribution in [1.29, 1.82) is 5.26 Å². The second-order valence-electron chi connectivity index (χ2n) is 11.5. The molecule has 0 bridgehead atoms. The molecular weight excluding hydrogens is 641 g/mol. The Morgan fingerprint density at radius 1 is 1.02 bits per heavy atom. The number of nitrogens with zero attached hydrogens (tertiary/aromatic N) is 3. The van der Waals surface area contributed by atoms with E-state index in [0.717, 1.165) is 74.9 Å². The van der Waals surface area contributed by atoms with Gasteiger partial charge in [-0.25, -0.2) is 19.8 Å². The zero-order valence-corrected chi connectivity index (χ0v) is 25.5. The predicted molar refractivity (Wildman–Crippen MR) is 159 cm³/mol. The first-order chi connectivity index (χ1) is 21.7. The van der Waals surface area contributed by atoms with E-state index in [1.165, 1.54) is 11.1 Å². The summed E-state index contributed by atoms with van der Waals surface area (Å²) in [4.78, 5) is 18.1.